The zero-order chi connectivity index (χ0) is 13.2. The molecule has 0 bridgehead atoms. The van der Waals surface area contributed by atoms with Gasteiger partial charge in [0.1, 0.15) is 0 Å². The van der Waals surface area contributed by atoms with Crippen molar-refractivity contribution in [3.63, 3.8) is 0 Å². The quantitative estimate of drug-likeness (QED) is 0.766. The van der Waals surface area contributed by atoms with Crippen molar-refractivity contribution in [3.8, 4) is 0 Å². The molecule has 0 aromatic rings. The summed E-state index contributed by atoms with van der Waals surface area (Å²) in [5.74, 6) is 0.901. The fourth-order valence-corrected chi connectivity index (χ4v) is 2.74. The average molecular weight is 255 g/mol. The van der Waals surface area contributed by atoms with Crippen LogP contribution in [0.25, 0.3) is 0 Å². The first-order valence-corrected chi connectivity index (χ1v) is 7.66. The molecule has 0 aromatic heterocycles. The Hall–Kier alpha value is -0.570. The first-order chi connectivity index (χ1) is 8.77. The van der Waals surface area contributed by atoms with Crippen LogP contribution in [0.2, 0.25) is 0 Å². The summed E-state index contributed by atoms with van der Waals surface area (Å²) < 4.78 is 0. The molecule has 106 valence electrons. The maximum atomic E-state index is 12.1. The predicted octanol–water partition coefficient (Wildman–Crippen LogP) is 2.87. The molecule has 0 heterocycles. The van der Waals surface area contributed by atoms with E-state index in [0.717, 1.165) is 32.2 Å². The van der Waals surface area contributed by atoms with Gasteiger partial charge in [0.15, 0.2) is 0 Å². The minimum absolute atomic E-state index is 0.220. The molecule has 1 saturated carbocycles. The number of carbonyl (C=O) groups is 1. The Morgan fingerprint density at radius 1 is 1.22 bits per heavy atom. The van der Waals surface area contributed by atoms with E-state index in [9.17, 15) is 4.79 Å². The van der Waals surface area contributed by atoms with Gasteiger partial charge in [-0.3, -0.25) is 4.79 Å². The Bertz CT molecular complexity index is 223. The third-order valence-electron chi connectivity index (χ3n) is 4.16. The molecule has 1 aliphatic rings. The zero-order valence-corrected chi connectivity index (χ0v) is 11.8. The lowest BCUT2D eigenvalue weighted by atomic mass is 9.90. The monoisotopic (exact) mass is 255 g/mol. The number of carbonyl (C=O) groups excluding carboxylic acids is 1. The van der Waals surface area contributed by atoms with Crippen molar-refractivity contribution in [2.75, 3.05) is 13.2 Å². The van der Waals surface area contributed by atoms with Gasteiger partial charge in [-0.2, -0.15) is 0 Å². The second-order valence-corrected chi connectivity index (χ2v) is 5.57. The van der Waals surface area contributed by atoms with Crippen LogP contribution in [0.15, 0.2) is 0 Å². The molecule has 0 spiro atoms. The second kappa shape index (κ2) is 9.37. The topological polar surface area (TPSA) is 49.3 Å². The van der Waals surface area contributed by atoms with Gasteiger partial charge in [0.25, 0.3) is 0 Å². The molecule has 18 heavy (non-hydrogen) atoms. The van der Waals surface area contributed by atoms with Crippen LogP contribution in [0.1, 0.15) is 64.7 Å². The highest BCUT2D eigenvalue weighted by molar-refractivity contribution is 5.78. The van der Waals surface area contributed by atoms with E-state index >= 15 is 0 Å². The molecular formula is C15H29NO2. The lowest BCUT2D eigenvalue weighted by Gasteiger charge is -2.21. The van der Waals surface area contributed by atoms with Crippen LogP contribution in [0.5, 0.6) is 0 Å². The van der Waals surface area contributed by atoms with Crippen molar-refractivity contribution in [1.82, 2.24) is 5.32 Å². The smallest absolute Gasteiger partial charge is 0.223 e. The summed E-state index contributed by atoms with van der Waals surface area (Å²) in [5.41, 5.74) is 0. The van der Waals surface area contributed by atoms with Gasteiger partial charge in [0.2, 0.25) is 5.91 Å². The fraction of sp³-hybridized carbons (Fsp3) is 0.933. The van der Waals surface area contributed by atoms with E-state index in [1.165, 1.54) is 32.1 Å². The van der Waals surface area contributed by atoms with E-state index in [2.05, 4.69) is 12.2 Å². The van der Waals surface area contributed by atoms with E-state index in [1.807, 2.05) is 0 Å². The Morgan fingerprint density at radius 2 is 1.83 bits per heavy atom. The summed E-state index contributed by atoms with van der Waals surface area (Å²) in [5, 5.41) is 12.0. The molecule has 0 radical (unpaired) electrons. The van der Waals surface area contributed by atoms with Gasteiger partial charge in [0.05, 0.1) is 0 Å². The third-order valence-corrected chi connectivity index (χ3v) is 4.16. The van der Waals surface area contributed by atoms with Gasteiger partial charge in [-0.15, -0.1) is 0 Å². The average Bonchev–Trinajstić information content (AvgIpc) is 2.33. The SMILES string of the molecule is CCC(CCO)CNC(=O)C1CCCCCCC1. The zero-order valence-electron chi connectivity index (χ0n) is 11.8. The van der Waals surface area contributed by atoms with Crippen molar-refractivity contribution in [2.24, 2.45) is 11.8 Å². The van der Waals surface area contributed by atoms with E-state index in [-0.39, 0.29) is 18.4 Å². The third kappa shape index (κ3) is 5.85. The maximum absolute atomic E-state index is 12.1. The Morgan fingerprint density at radius 3 is 2.39 bits per heavy atom. The van der Waals surface area contributed by atoms with E-state index in [4.69, 9.17) is 5.11 Å². The van der Waals surface area contributed by atoms with Crippen LogP contribution in [-0.2, 0) is 4.79 Å². The number of nitrogens with one attached hydrogen (secondary N) is 1. The predicted molar refractivity (Wildman–Crippen MR) is 74.3 cm³/mol. The minimum atomic E-state index is 0.220. The van der Waals surface area contributed by atoms with E-state index in [0.29, 0.717) is 5.92 Å². The van der Waals surface area contributed by atoms with Crippen molar-refractivity contribution in [3.05, 3.63) is 0 Å². The normalized spacial score (nSPS) is 19.9. The lowest BCUT2D eigenvalue weighted by Crippen LogP contribution is -2.35. The van der Waals surface area contributed by atoms with Gasteiger partial charge in [-0.05, 0) is 25.2 Å². The number of hydrogen-bond donors (Lipinski definition) is 2. The molecule has 1 rings (SSSR count). The van der Waals surface area contributed by atoms with Gasteiger partial charge >= 0.3 is 0 Å². The molecule has 1 unspecified atom stereocenters. The summed E-state index contributed by atoms with van der Waals surface area (Å²) in [6, 6.07) is 0. The highest BCUT2D eigenvalue weighted by Crippen LogP contribution is 2.22. The van der Waals surface area contributed by atoms with Crippen LogP contribution in [-0.4, -0.2) is 24.2 Å². The van der Waals surface area contributed by atoms with Crippen LogP contribution in [0, 0.1) is 11.8 Å². The van der Waals surface area contributed by atoms with Crippen LogP contribution < -0.4 is 5.32 Å². The Labute approximate surface area is 111 Å². The maximum Gasteiger partial charge on any atom is 0.223 e. The van der Waals surface area contributed by atoms with Crippen molar-refractivity contribution in [2.45, 2.75) is 64.7 Å². The molecule has 2 N–H and O–H groups in total. The van der Waals surface area contributed by atoms with Crippen molar-refractivity contribution in [1.29, 1.82) is 0 Å². The van der Waals surface area contributed by atoms with Crippen LogP contribution >= 0.6 is 0 Å². The van der Waals surface area contributed by atoms with Crippen molar-refractivity contribution < 1.29 is 9.90 Å². The van der Waals surface area contributed by atoms with E-state index in [1.54, 1.807) is 0 Å². The molecule has 0 aromatic carbocycles. The minimum Gasteiger partial charge on any atom is -0.396 e. The summed E-state index contributed by atoms with van der Waals surface area (Å²) in [6.45, 7) is 3.06. The number of rotatable bonds is 6. The second-order valence-electron chi connectivity index (χ2n) is 5.57. The summed E-state index contributed by atoms with van der Waals surface area (Å²) in [6.07, 6.45) is 10.2. The van der Waals surface area contributed by atoms with E-state index < -0.39 is 0 Å². The first kappa shape index (κ1) is 15.5. The summed E-state index contributed by atoms with van der Waals surface area (Å²) in [4.78, 5) is 12.1. The largest absolute Gasteiger partial charge is 0.396 e. The Balaban J connectivity index is 2.28. The Kier molecular flexibility index (Phi) is 8.06. The van der Waals surface area contributed by atoms with Gasteiger partial charge in [0, 0.05) is 19.1 Å². The molecule has 1 aliphatic carbocycles. The van der Waals surface area contributed by atoms with Gasteiger partial charge < -0.3 is 10.4 Å². The molecule has 3 heteroatoms. The highest BCUT2D eigenvalue weighted by atomic mass is 16.3. The van der Waals surface area contributed by atoms with Crippen LogP contribution in [0.4, 0.5) is 0 Å². The number of aliphatic hydroxyl groups excluding tert-OH is 1. The molecule has 1 amide bonds. The summed E-state index contributed by atoms with van der Waals surface area (Å²) in [7, 11) is 0. The molecule has 1 fully saturated rings. The number of aliphatic hydroxyl groups is 1. The lowest BCUT2D eigenvalue weighted by molar-refractivity contribution is -0.125. The first-order valence-electron chi connectivity index (χ1n) is 7.66. The number of hydrogen-bond acceptors (Lipinski definition) is 2. The standard InChI is InChI=1S/C15H29NO2/c1-2-13(10-11-17)12-16-15(18)14-8-6-4-3-5-7-9-14/h13-14,17H,2-12H2,1H3,(H,16,18). The number of amides is 1. The molecular weight excluding hydrogens is 226 g/mol. The molecule has 0 saturated heterocycles. The van der Waals surface area contributed by atoms with Crippen LogP contribution in [0.3, 0.4) is 0 Å². The highest BCUT2D eigenvalue weighted by Gasteiger charge is 2.19. The van der Waals surface area contributed by atoms with Gasteiger partial charge in [-0.25, -0.2) is 0 Å². The summed E-state index contributed by atoms with van der Waals surface area (Å²) >= 11 is 0. The fourth-order valence-electron chi connectivity index (χ4n) is 2.74. The molecule has 3 nitrogen and oxygen atoms in total. The molecule has 0 aliphatic heterocycles. The molecule has 1 atom stereocenters. The van der Waals surface area contributed by atoms with Crippen molar-refractivity contribution >= 4 is 5.91 Å². The van der Waals surface area contributed by atoms with Gasteiger partial charge in [-0.1, -0.05) is 45.4 Å².